The molecule has 33 heavy (non-hydrogen) atoms. The summed E-state index contributed by atoms with van der Waals surface area (Å²) in [6.45, 7) is 0.527. The molecule has 5 rings (SSSR count). The molecule has 0 bridgehead atoms. The van der Waals surface area contributed by atoms with E-state index >= 15 is 0 Å². The number of nitrogens with one attached hydrogen (secondary N) is 1. The van der Waals surface area contributed by atoms with Gasteiger partial charge in [-0.05, 0) is 56.5 Å². The minimum absolute atomic E-state index is 0.107. The quantitative estimate of drug-likeness (QED) is 0.357. The van der Waals surface area contributed by atoms with Gasteiger partial charge in [-0.2, -0.15) is 0 Å². The minimum atomic E-state index is -0.407. The number of aromatic hydroxyl groups is 1. The summed E-state index contributed by atoms with van der Waals surface area (Å²) in [5.74, 6) is -0.107. The van der Waals surface area contributed by atoms with Gasteiger partial charge in [0, 0.05) is 23.2 Å². The Hall–Kier alpha value is -3.51. The SMILES string of the molecule is O=c1[nH]c(=S)n(CCC2=CCCCC2)c(O)c1C=C1C(c2ccccc2)=Nc2ccccc21. The Morgan fingerprint density at radius 1 is 1.09 bits per heavy atom. The summed E-state index contributed by atoms with van der Waals surface area (Å²) in [6, 6.07) is 17.7. The number of benzene rings is 2. The summed E-state index contributed by atoms with van der Waals surface area (Å²) in [6.07, 6.45) is 9.46. The van der Waals surface area contributed by atoms with Crippen molar-refractivity contribution in [2.45, 2.75) is 38.6 Å². The number of aromatic amines is 1. The van der Waals surface area contributed by atoms with Gasteiger partial charge in [0.15, 0.2) is 4.77 Å². The Morgan fingerprint density at radius 3 is 2.67 bits per heavy atom. The summed E-state index contributed by atoms with van der Waals surface area (Å²) in [5, 5.41) is 11.1. The van der Waals surface area contributed by atoms with E-state index in [2.05, 4.69) is 11.1 Å². The fraction of sp³-hybridized carbons (Fsp3) is 0.222. The topological polar surface area (TPSA) is 70.4 Å². The molecule has 5 nitrogen and oxygen atoms in total. The summed E-state index contributed by atoms with van der Waals surface area (Å²) < 4.78 is 1.86. The molecule has 0 saturated heterocycles. The number of nitrogens with zero attached hydrogens (tertiary/aromatic N) is 2. The molecule has 3 aromatic rings. The number of allylic oxidation sites excluding steroid dienone is 3. The minimum Gasteiger partial charge on any atom is -0.494 e. The van der Waals surface area contributed by atoms with E-state index in [0.717, 1.165) is 47.4 Å². The average Bonchev–Trinajstić information content (AvgIpc) is 3.21. The van der Waals surface area contributed by atoms with E-state index in [4.69, 9.17) is 17.2 Å². The maximum Gasteiger partial charge on any atom is 0.262 e. The highest BCUT2D eigenvalue weighted by molar-refractivity contribution is 7.71. The molecular formula is C27H25N3O2S. The Morgan fingerprint density at radius 2 is 1.88 bits per heavy atom. The molecule has 2 aromatic carbocycles. The van der Waals surface area contributed by atoms with E-state index in [-0.39, 0.29) is 16.2 Å². The maximum absolute atomic E-state index is 12.9. The van der Waals surface area contributed by atoms with Crippen LogP contribution in [0.2, 0.25) is 0 Å². The van der Waals surface area contributed by atoms with Crippen molar-refractivity contribution in [2.24, 2.45) is 4.99 Å². The molecule has 0 unspecified atom stereocenters. The second-order valence-corrected chi connectivity index (χ2v) is 8.79. The monoisotopic (exact) mass is 455 g/mol. The van der Waals surface area contributed by atoms with E-state index in [9.17, 15) is 9.90 Å². The number of fused-ring (bicyclic) bond motifs is 1. The molecule has 1 aliphatic heterocycles. The van der Waals surface area contributed by atoms with Crippen LogP contribution in [0.4, 0.5) is 5.69 Å². The zero-order valence-electron chi connectivity index (χ0n) is 18.3. The van der Waals surface area contributed by atoms with Crippen LogP contribution in [0.25, 0.3) is 11.6 Å². The molecule has 0 atom stereocenters. The number of aromatic nitrogens is 2. The molecule has 1 aromatic heterocycles. The van der Waals surface area contributed by atoms with Gasteiger partial charge in [0.05, 0.1) is 11.4 Å². The molecule has 6 heteroatoms. The van der Waals surface area contributed by atoms with Gasteiger partial charge >= 0.3 is 0 Å². The van der Waals surface area contributed by atoms with Gasteiger partial charge in [-0.15, -0.1) is 0 Å². The number of H-pyrrole nitrogens is 1. The van der Waals surface area contributed by atoms with Gasteiger partial charge < -0.3 is 5.11 Å². The summed E-state index contributed by atoms with van der Waals surface area (Å²) in [4.78, 5) is 20.4. The van der Waals surface area contributed by atoms with Crippen LogP contribution in [0.3, 0.4) is 0 Å². The maximum atomic E-state index is 12.9. The number of hydrogen-bond donors (Lipinski definition) is 2. The number of rotatable bonds is 5. The molecule has 1 aliphatic carbocycles. The van der Waals surface area contributed by atoms with Gasteiger partial charge in [0.1, 0.15) is 5.56 Å². The smallest absolute Gasteiger partial charge is 0.262 e. The lowest BCUT2D eigenvalue weighted by atomic mass is 9.96. The molecule has 0 fully saturated rings. The largest absolute Gasteiger partial charge is 0.494 e. The van der Waals surface area contributed by atoms with Crippen molar-refractivity contribution in [1.29, 1.82) is 0 Å². The van der Waals surface area contributed by atoms with Gasteiger partial charge in [-0.25, -0.2) is 4.99 Å². The van der Waals surface area contributed by atoms with Crippen molar-refractivity contribution in [3.63, 3.8) is 0 Å². The zero-order chi connectivity index (χ0) is 22.8. The second-order valence-electron chi connectivity index (χ2n) is 8.41. The van der Waals surface area contributed by atoms with Crippen LogP contribution >= 0.6 is 12.2 Å². The lowest BCUT2D eigenvalue weighted by molar-refractivity contribution is 0.401. The van der Waals surface area contributed by atoms with Crippen molar-refractivity contribution in [3.8, 4) is 5.88 Å². The lowest BCUT2D eigenvalue weighted by Gasteiger charge is -2.16. The fourth-order valence-corrected chi connectivity index (χ4v) is 4.78. The first-order valence-corrected chi connectivity index (χ1v) is 11.7. The number of hydrogen-bond acceptors (Lipinski definition) is 4. The van der Waals surface area contributed by atoms with Crippen LogP contribution in [0, 0.1) is 4.77 Å². The lowest BCUT2D eigenvalue weighted by Crippen LogP contribution is -2.17. The standard InChI is InChI=1S/C27H25N3O2S/c31-25-22(26(32)30(27(33)29-25)16-15-18-9-3-1-4-10-18)17-21-20-13-7-8-14-23(20)28-24(21)19-11-5-2-6-12-19/h2,5-9,11-14,17,32H,1,3-4,10,15-16H2,(H,29,31,33). The Kier molecular flexibility index (Phi) is 5.92. The third kappa shape index (κ3) is 4.26. The summed E-state index contributed by atoms with van der Waals surface area (Å²) in [5.41, 5.74) is 5.47. The fourth-order valence-electron chi connectivity index (χ4n) is 4.51. The molecule has 2 N–H and O–H groups in total. The highest BCUT2D eigenvalue weighted by Crippen LogP contribution is 2.38. The first-order valence-electron chi connectivity index (χ1n) is 11.3. The highest BCUT2D eigenvalue weighted by Gasteiger charge is 2.23. The normalized spacial score (nSPS) is 16.4. The van der Waals surface area contributed by atoms with Gasteiger partial charge in [-0.3, -0.25) is 14.3 Å². The van der Waals surface area contributed by atoms with E-state index in [1.54, 1.807) is 10.6 Å². The van der Waals surface area contributed by atoms with E-state index in [1.807, 2.05) is 54.6 Å². The third-order valence-corrected chi connectivity index (χ3v) is 6.59. The van der Waals surface area contributed by atoms with Crippen LogP contribution in [0.15, 0.2) is 76.0 Å². The molecule has 166 valence electrons. The van der Waals surface area contributed by atoms with Crippen molar-refractivity contribution in [1.82, 2.24) is 9.55 Å². The summed E-state index contributed by atoms with van der Waals surface area (Å²) >= 11 is 5.38. The second kappa shape index (κ2) is 9.16. The Labute approximate surface area is 197 Å². The molecule has 0 amide bonds. The molecule has 2 aliphatic rings. The molecule has 0 saturated carbocycles. The van der Waals surface area contributed by atoms with Crippen molar-refractivity contribution < 1.29 is 5.11 Å². The predicted octanol–water partition coefficient (Wildman–Crippen LogP) is 6.18. The van der Waals surface area contributed by atoms with E-state index in [1.165, 1.54) is 18.4 Å². The number of aliphatic imine (C=N–C) groups is 1. The molecule has 0 spiro atoms. The Balaban J connectivity index is 1.59. The van der Waals surface area contributed by atoms with Crippen LogP contribution in [-0.2, 0) is 6.54 Å². The molecule has 0 radical (unpaired) electrons. The predicted molar refractivity (Wildman–Crippen MR) is 136 cm³/mol. The van der Waals surface area contributed by atoms with E-state index < -0.39 is 5.56 Å². The highest BCUT2D eigenvalue weighted by atomic mass is 32.1. The van der Waals surface area contributed by atoms with Crippen molar-refractivity contribution in [3.05, 3.63) is 98.1 Å². The zero-order valence-corrected chi connectivity index (χ0v) is 19.1. The molecule has 2 heterocycles. The van der Waals surface area contributed by atoms with Gasteiger partial charge in [0.25, 0.3) is 5.56 Å². The Bertz CT molecular complexity index is 1410. The van der Waals surface area contributed by atoms with Crippen molar-refractivity contribution >= 4 is 35.3 Å². The first kappa shape index (κ1) is 21.3. The third-order valence-electron chi connectivity index (χ3n) is 6.27. The molecular weight excluding hydrogens is 430 g/mol. The van der Waals surface area contributed by atoms with Crippen LogP contribution in [0.1, 0.15) is 48.8 Å². The van der Waals surface area contributed by atoms with Crippen molar-refractivity contribution in [2.75, 3.05) is 0 Å². The van der Waals surface area contributed by atoms with Crippen LogP contribution in [0.5, 0.6) is 5.88 Å². The number of para-hydroxylation sites is 1. The van der Waals surface area contributed by atoms with Gasteiger partial charge in [0.2, 0.25) is 5.88 Å². The van der Waals surface area contributed by atoms with E-state index in [0.29, 0.717) is 6.54 Å². The van der Waals surface area contributed by atoms with Gasteiger partial charge in [-0.1, -0.05) is 60.2 Å². The van der Waals surface area contributed by atoms with Crippen LogP contribution < -0.4 is 5.56 Å². The van der Waals surface area contributed by atoms with Crippen LogP contribution in [-0.4, -0.2) is 20.4 Å². The first-order chi connectivity index (χ1) is 16.1. The average molecular weight is 456 g/mol. The summed E-state index contributed by atoms with van der Waals surface area (Å²) in [7, 11) is 0.